The normalized spacial score (nSPS) is 13.2. The molecular weight excluding hydrogens is 360 g/mol. The summed E-state index contributed by atoms with van der Waals surface area (Å²) in [4.78, 5) is 11.4. The third-order valence-electron chi connectivity index (χ3n) is 3.16. The Balaban J connectivity index is 2.99. The molecule has 1 unspecified atom stereocenters. The molecule has 1 aromatic rings. The number of methoxy groups -OCH3 is 1. The molecule has 0 spiro atoms. The van der Waals surface area contributed by atoms with Crippen LogP contribution in [0.5, 0.6) is 0 Å². The minimum Gasteiger partial charge on any atom is -0.469 e. The molecule has 0 bridgehead atoms. The molecule has 0 aliphatic rings. The molecule has 1 heterocycles. The Labute approximate surface area is 133 Å². The molecule has 0 aromatic carbocycles. The molecule has 0 fully saturated rings. The highest BCUT2D eigenvalue weighted by molar-refractivity contribution is 9.10. The fraction of sp³-hybridized carbons (Fsp3) is 0.692. The SMILES string of the molecule is CCc1nn(CC)c(CS(=O)(=O)CC(C)C(=O)OC)c1Br. The van der Waals surface area contributed by atoms with E-state index in [9.17, 15) is 13.2 Å². The monoisotopic (exact) mass is 380 g/mol. The van der Waals surface area contributed by atoms with Crippen molar-refractivity contribution < 1.29 is 17.9 Å². The van der Waals surface area contributed by atoms with Gasteiger partial charge in [0.1, 0.15) is 0 Å². The molecule has 1 rings (SSSR count). The Bertz CT molecular complexity index is 610. The fourth-order valence-electron chi connectivity index (χ4n) is 2.07. The minimum atomic E-state index is -3.43. The van der Waals surface area contributed by atoms with E-state index in [0.29, 0.717) is 12.2 Å². The van der Waals surface area contributed by atoms with Crippen molar-refractivity contribution in [3.63, 3.8) is 0 Å². The van der Waals surface area contributed by atoms with Crippen LogP contribution in [0.15, 0.2) is 4.47 Å². The Morgan fingerprint density at radius 2 is 2.05 bits per heavy atom. The number of esters is 1. The smallest absolute Gasteiger partial charge is 0.309 e. The Hall–Kier alpha value is -0.890. The lowest BCUT2D eigenvalue weighted by molar-refractivity contribution is -0.144. The Morgan fingerprint density at radius 1 is 1.43 bits per heavy atom. The predicted molar refractivity (Wildman–Crippen MR) is 83.6 cm³/mol. The van der Waals surface area contributed by atoms with E-state index in [1.165, 1.54) is 7.11 Å². The molecule has 0 aliphatic carbocycles. The lowest BCUT2D eigenvalue weighted by Gasteiger charge is -2.11. The molecule has 0 amide bonds. The first kappa shape index (κ1) is 18.2. The second-order valence-corrected chi connectivity index (χ2v) is 7.76. The van der Waals surface area contributed by atoms with Crippen molar-refractivity contribution in [2.45, 2.75) is 39.5 Å². The highest BCUT2D eigenvalue weighted by Gasteiger charge is 2.25. The number of rotatable bonds is 7. The van der Waals surface area contributed by atoms with E-state index in [0.717, 1.165) is 16.6 Å². The summed E-state index contributed by atoms with van der Waals surface area (Å²) in [6.07, 6.45) is 0.721. The first-order valence-corrected chi connectivity index (χ1v) is 9.39. The van der Waals surface area contributed by atoms with Gasteiger partial charge in [0.05, 0.1) is 40.4 Å². The first-order valence-electron chi connectivity index (χ1n) is 6.78. The predicted octanol–water partition coefficient (Wildman–Crippen LogP) is 1.95. The summed E-state index contributed by atoms with van der Waals surface area (Å²) in [5.74, 6) is -1.57. The van der Waals surface area contributed by atoms with Crippen LogP contribution in [0, 0.1) is 5.92 Å². The maximum atomic E-state index is 12.3. The van der Waals surface area contributed by atoms with Gasteiger partial charge in [0.2, 0.25) is 0 Å². The zero-order chi connectivity index (χ0) is 16.2. The Kier molecular flexibility index (Phi) is 6.40. The summed E-state index contributed by atoms with van der Waals surface area (Å²) in [5, 5.41) is 4.38. The molecular formula is C13H21BrN2O4S. The molecule has 0 N–H and O–H groups in total. The van der Waals surface area contributed by atoms with Crippen LogP contribution in [-0.2, 0) is 38.1 Å². The summed E-state index contributed by atoms with van der Waals surface area (Å²) >= 11 is 3.43. The zero-order valence-corrected chi connectivity index (χ0v) is 15.1. The lowest BCUT2D eigenvalue weighted by Crippen LogP contribution is -2.24. The summed E-state index contributed by atoms with van der Waals surface area (Å²) < 4.78 is 31.5. The largest absolute Gasteiger partial charge is 0.469 e. The summed E-state index contributed by atoms with van der Waals surface area (Å²) in [6.45, 7) is 6.01. The summed E-state index contributed by atoms with van der Waals surface area (Å²) in [5.41, 5.74) is 1.47. The molecule has 0 saturated heterocycles. The quantitative estimate of drug-likeness (QED) is 0.675. The van der Waals surface area contributed by atoms with E-state index in [1.54, 1.807) is 11.6 Å². The molecule has 0 radical (unpaired) electrons. The van der Waals surface area contributed by atoms with Crippen molar-refractivity contribution >= 4 is 31.7 Å². The summed E-state index contributed by atoms with van der Waals surface area (Å²) in [6, 6.07) is 0. The molecule has 0 saturated carbocycles. The number of carbonyl (C=O) groups excluding carboxylic acids is 1. The van der Waals surface area contributed by atoms with Gasteiger partial charge in [-0.25, -0.2) is 8.42 Å². The van der Waals surface area contributed by atoms with Gasteiger partial charge in [-0.2, -0.15) is 5.10 Å². The van der Waals surface area contributed by atoms with Gasteiger partial charge in [-0.3, -0.25) is 9.48 Å². The van der Waals surface area contributed by atoms with Crippen molar-refractivity contribution in [2.24, 2.45) is 5.92 Å². The average Bonchev–Trinajstić information content (AvgIpc) is 2.73. The number of carbonyl (C=O) groups is 1. The lowest BCUT2D eigenvalue weighted by atomic mass is 10.2. The summed E-state index contributed by atoms with van der Waals surface area (Å²) in [7, 11) is -2.18. The maximum absolute atomic E-state index is 12.3. The van der Waals surface area contributed by atoms with E-state index >= 15 is 0 Å². The van der Waals surface area contributed by atoms with E-state index < -0.39 is 21.7 Å². The van der Waals surface area contributed by atoms with Crippen LogP contribution < -0.4 is 0 Å². The molecule has 21 heavy (non-hydrogen) atoms. The number of halogens is 1. The molecule has 1 aromatic heterocycles. The van der Waals surface area contributed by atoms with Crippen LogP contribution in [0.25, 0.3) is 0 Å². The first-order chi connectivity index (χ1) is 9.75. The van der Waals surface area contributed by atoms with Crippen molar-refractivity contribution in [1.82, 2.24) is 9.78 Å². The second kappa shape index (κ2) is 7.40. The van der Waals surface area contributed by atoms with Gasteiger partial charge in [-0.15, -0.1) is 0 Å². The minimum absolute atomic E-state index is 0.143. The molecule has 6 nitrogen and oxygen atoms in total. The van der Waals surface area contributed by atoms with Crippen molar-refractivity contribution in [2.75, 3.05) is 12.9 Å². The van der Waals surface area contributed by atoms with Gasteiger partial charge in [0.15, 0.2) is 9.84 Å². The van der Waals surface area contributed by atoms with E-state index in [2.05, 4.69) is 25.8 Å². The van der Waals surface area contributed by atoms with Gasteiger partial charge >= 0.3 is 5.97 Å². The van der Waals surface area contributed by atoms with Crippen LogP contribution in [-0.4, -0.2) is 37.0 Å². The van der Waals surface area contributed by atoms with E-state index in [1.807, 2.05) is 13.8 Å². The van der Waals surface area contributed by atoms with Crippen LogP contribution in [0.1, 0.15) is 32.2 Å². The number of hydrogen-bond acceptors (Lipinski definition) is 5. The van der Waals surface area contributed by atoms with Gasteiger partial charge < -0.3 is 4.74 Å². The highest BCUT2D eigenvalue weighted by Crippen LogP contribution is 2.25. The van der Waals surface area contributed by atoms with Gasteiger partial charge in [-0.1, -0.05) is 13.8 Å². The molecule has 120 valence electrons. The second-order valence-electron chi connectivity index (χ2n) is 4.86. The van der Waals surface area contributed by atoms with Gasteiger partial charge in [0, 0.05) is 6.54 Å². The molecule has 1 atom stereocenters. The third kappa shape index (κ3) is 4.54. The van der Waals surface area contributed by atoms with E-state index in [4.69, 9.17) is 0 Å². The Morgan fingerprint density at radius 3 is 2.52 bits per heavy atom. The number of aryl methyl sites for hydroxylation is 2. The van der Waals surface area contributed by atoms with Crippen LogP contribution in [0.3, 0.4) is 0 Å². The fourth-order valence-corrected chi connectivity index (χ4v) is 4.69. The molecule has 8 heteroatoms. The standard InChI is InChI=1S/C13H21BrN2O4S/c1-5-10-12(14)11(16(6-2)15-10)8-21(18,19)7-9(3)13(17)20-4/h9H,5-8H2,1-4H3. The number of sulfone groups is 1. The average molecular weight is 381 g/mol. The van der Waals surface area contributed by atoms with Crippen molar-refractivity contribution in [3.8, 4) is 0 Å². The number of nitrogens with zero attached hydrogens (tertiary/aromatic N) is 2. The van der Waals surface area contributed by atoms with E-state index in [-0.39, 0.29) is 11.5 Å². The third-order valence-corrected chi connectivity index (χ3v) is 5.79. The topological polar surface area (TPSA) is 78.3 Å². The molecule has 0 aliphatic heterocycles. The van der Waals surface area contributed by atoms with Crippen molar-refractivity contribution in [3.05, 3.63) is 15.9 Å². The number of ether oxygens (including phenoxy) is 1. The van der Waals surface area contributed by atoms with Crippen LogP contribution in [0.2, 0.25) is 0 Å². The maximum Gasteiger partial charge on any atom is 0.309 e. The van der Waals surface area contributed by atoms with Gasteiger partial charge in [-0.05, 0) is 29.3 Å². The van der Waals surface area contributed by atoms with Crippen LogP contribution in [0.4, 0.5) is 0 Å². The number of hydrogen-bond donors (Lipinski definition) is 0. The highest BCUT2D eigenvalue weighted by atomic mass is 79.9. The van der Waals surface area contributed by atoms with Crippen molar-refractivity contribution in [1.29, 1.82) is 0 Å². The van der Waals surface area contributed by atoms with Gasteiger partial charge in [0.25, 0.3) is 0 Å². The van der Waals surface area contributed by atoms with Crippen LogP contribution >= 0.6 is 15.9 Å². The zero-order valence-electron chi connectivity index (χ0n) is 12.7. The number of aromatic nitrogens is 2.